The summed E-state index contributed by atoms with van der Waals surface area (Å²) < 4.78 is 4.73. The van der Waals surface area contributed by atoms with Gasteiger partial charge in [0.05, 0.1) is 13.0 Å². The van der Waals surface area contributed by atoms with Gasteiger partial charge in [0.2, 0.25) is 5.54 Å². The Morgan fingerprint density at radius 3 is 2.44 bits per heavy atom. The molecular formula is C11H19NO4. The highest BCUT2D eigenvalue weighted by Crippen LogP contribution is 2.39. The minimum absolute atomic E-state index is 0.219. The van der Waals surface area contributed by atoms with Crippen LogP contribution in [0.15, 0.2) is 0 Å². The SMILES string of the molecule is COC(=O)[C@H]1CCCC[C@H]1C(C)(C)[N+](=O)[O-]. The van der Waals surface area contributed by atoms with Gasteiger partial charge >= 0.3 is 5.97 Å². The van der Waals surface area contributed by atoms with Crippen molar-refractivity contribution in [1.29, 1.82) is 0 Å². The molecule has 16 heavy (non-hydrogen) atoms. The third kappa shape index (κ3) is 2.33. The summed E-state index contributed by atoms with van der Waals surface area (Å²) >= 11 is 0. The molecule has 5 heteroatoms. The Kier molecular flexibility index (Phi) is 3.88. The second-order valence-corrected chi connectivity index (χ2v) is 4.93. The fraction of sp³-hybridized carbons (Fsp3) is 0.909. The summed E-state index contributed by atoms with van der Waals surface area (Å²) in [4.78, 5) is 22.4. The predicted molar refractivity (Wildman–Crippen MR) is 58.5 cm³/mol. The molecule has 0 aromatic rings. The van der Waals surface area contributed by atoms with E-state index < -0.39 is 5.54 Å². The number of nitro groups is 1. The van der Waals surface area contributed by atoms with Gasteiger partial charge in [-0.1, -0.05) is 12.8 Å². The van der Waals surface area contributed by atoms with Crippen LogP contribution in [0, 0.1) is 22.0 Å². The highest BCUT2D eigenvalue weighted by atomic mass is 16.6. The van der Waals surface area contributed by atoms with E-state index in [1.54, 1.807) is 13.8 Å². The average Bonchev–Trinajstić information content (AvgIpc) is 2.27. The fourth-order valence-electron chi connectivity index (χ4n) is 2.55. The van der Waals surface area contributed by atoms with Crippen LogP contribution in [-0.4, -0.2) is 23.5 Å². The molecule has 1 aliphatic rings. The smallest absolute Gasteiger partial charge is 0.309 e. The summed E-state index contributed by atoms with van der Waals surface area (Å²) in [7, 11) is 1.34. The topological polar surface area (TPSA) is 69.4 Å². The quantitative estimate of drug-likeness (QED) is 0.421. The van der Waals surface area contributed by atoms with Gasteiger partial charge in [-0.15, -0.1) is 0 Å². The van der Waals surface area contributed by atoms with E-state index in [2.05, 4.69) is 0 Å². The van der Waals surface area contributed by atoms with Crippen molar-refractivity contribution in [3.63, 3.8) is 0 Å². The van der Waals surface area contributed by atoms with E-state index in [0.717, 1.165) is 19.3 Å². The normalized spacial score (nSPS) is 26.2. The van der Waals surface area contributed by atoms with Crippen molar-refractivity contribution in [2.24, 2.45) is 11.8 Å². The zero-order valence-corrected chi connectivity index (χ0v) is 10.1. The van der Waals surface area contributed by atoms with Crippen LogP contribution < -0.4 is 0 Å². The van der Waals surface area contributed by atoms with Crippen LogP contribution in [0.5, 0.6) is 0 Å². The van der Waals surface area contributed by atoms with Gasteiger partial charge in [0.25, 0.3) is 0 Å². The largest absolute Gasteiger partial charge is 0.469 e. The van der Waals surface area contributed by atoms with Gasteiger partial charge in [-0.25, -0.2) is 0 Å². The Balaban J connectivity index is 2.90. The molecule has 2 atom stereocenters. The number of rotatable bonds is 3. The lowest BCUT2D eigenvalue weighted by molar-refractivity contribution is -0.574. The highest BCUT2D eigenvalue weighted by molar-refractivity contribution is 5.72. The van der Waals surface area contributed by atoms with E-state index in [4.69, 9.17) is 4.74 Å². The van der Waals surface area contributed by atoms with E-state index in [9.17, 15) is 14.9 Å². The standard InChI is InChI=1S/C11H19NO4/c1-11(2,12(14)15)9-7-5-4-6-8(9)10(13)16-3/h8-9H,4-7H2,1-3H3/t8-,9+/m0/s1. The van der Waals surface area contributed by atoms with Crippen LogP contribution in [0.4, 0.5) is 0 Å². The molecule has 0 spiro atoms. The summed E-state index contributed by atoms with van der Waals surface area (Å²) in [5, 5.41) is 11.0. The summed E-state index contributed by atoms with van der Waals surface area (Å²) in [6, 6.07) is 0. The average molecular weight is 229 g/mol. The Labute approximate surface area is 95.3 Å². The molecule has 0 aromatic heterocycles. The second-order valence-electron chi connectivity index (χ2n) is 4.93. The van der Waals surface area contributed by atoms with Crippen molar-refractivity contribution in [2.45, 2.75) is 45.1 Å². The van der Waals surface area contributed by atoms with Crippen LogP contribution in [0.1, 0.15) is 39.5 Å². The van der Waals surface area contributed by atoms with E-state index in [1.165, 1.54) is 7.11 Å². The van der Waals surface area contributed by atoms with E-state index in [-0.39, 0.29) is 22.7 Å². The van der Waals surface area contributed by atoms with Gasteiger partial charge in [0, 0.05) is 24.7 Å². The molecular weight excluding hydrogens is 210 g/mol. The summed E-state index contributed by atoms with van der Waals surface area (Å²) in [5.41, 5.74) is -1.06. The third-order valence-electron chi connectivity index (χ3n) is 3.65. The lowest BCUT2D eigenvalue weighted by Gasteiger charge is -2.35. The van der Waals surface area contributed by atoms with Crippen molar-refractivity contribution in [2.75, 3.05) is 7.11 Å². The van der Waals surface area contributed by atoms with Crippen molar-refractivity contribution >= 4 is 5.97 Å². The second kappa shape index (κ2) is 4.80. The van der Waals surface area contributed by atoms with Crippen LogP contribution >= 0.6 is 0 Å². The molecule has 5 nitrogen and oxygen atoms in total. The molecule has 1 saturated carbocycles. The number of hydrogen-bond acceptors (Lipinski definition) is 4. The van der Waals surface area contributed by atoms with E-state index >= 15 is 0 Å². The zero-order chi connectivity index (χ0) is 12.3. The molecule has 0 saturated heterocycles. The number of hydrogen-bond donors (Lipinski definition) is 0. The molecule has 0 unspecified atom stereocenters. The first-order valence-corrected chi connectivity index (χ1v) is 5.63. The monoisotopic (exact) mass is 229 g/mol. The predicted octanol–water partition coefficient (Wildman–Crippen LogP) is 2.02. The Bertz CT molecular complexity index is 288. The first-order valence-electron chi connectivity index (χ1n) is 5.63. The Hall–Kier alpha value is -1.13. The number of nitrogens with zero attached hydrogens (tertiary/aromatic N) is 1. The molecule has 0 amide bonds. The molecule has 1 fully saturated rings. The summed E-state index contributed by atoms with van der Waals surface area (Å²) in [6.45, 7) is 3.19. The molecule has 0 bridgehead atoms. The van der Waals surface area contributed by atoms with Crippen LogP contribution in [0.2, 0.25) is 0 Å². The lowest BCUT2D eigenvalue weighted by Crippen LogP contribution is -2.47. The van der Waals surface area contributed by atoms with Gasteiger partial charge in [0.1, 0.15) is 0 Å². The number of esters is 1. The van der Waals surface area contributed by atoms with Crippen molar-refractivity contribution in [1.82, 2.24) is 0 Å². The number of ether oxygens (including phenoxy) is 1. The Morgan fingerprint density at radius 1 is 1.38 bits per heavy atom. The Morgan fingerprint density at radius 2 is 1.94 bits per heavy atom. The van der Waals surface area contributed by atoms with Gasteiger partial charge in [-0.2, -0.15) is 0 Å². The molecule has 1 aliphatic carbocycles. The molecule has 1 rings (SSSR count). The van der Waals surface area contributed by atoms with E-state index in [1.807, 2.05) is 0 Å². The fourth-order valence-corrected chi connectivity index (χ4v) is 2.55. The maximum absolute atomic E-state index is 11.6. The van der Waals surface area contributed by atoms with Crippen LogP contribution in [0.3, 0.4) is 0 Å². The molecule has 0 aliphatic heterocycles. The molecule has 0 heterocycles. The minimum Gasteiger partial charge on any atom is -0.469 e. The van der Waals surface area contributed by atoms with Crippen molar-refractivity contribution in [3.05, 3.63) is 10.1 Å². The lowest BCUT2D eigenvalue weighted by atomic mass is 9.70. The maximum atomic E-state index is 11.6. The summed E-state index contributed by atoms with van der Waals surface area (Å²) in [5.74, 6) is -0.845. The first kappa shape index (κ1) is 12.9. The van der Waals surface area contributed by atoms with Crippen LogP contribution in [0.25, 0.3) is 0 Å². The number of carbonyl (C=O) groups is 1. The van der Waals surface area contributed by atoms with Gasteiger partial charge in [-0.3, -0.25) is 14.9 Å². The minimum atomic E-state index is -1.06. The highest BCUT2D eigenvalue weighted by Gasteiger charge is 2.48. The van der Waals surface area contributed by atoms with Gasteiger partial charge in [0.15, 0.2) is 0 Å². The zero-order valence-electron chi connectivity index (χ0n) is 10.1. The summed E-state index contributed by atoms with van der Waals surface area (Å²) in [6.07, 6.45) is 3.34. The number of carbonyl (C=O) groups excluding carboxylic acids is 1. The van der Waals surface area contributed by atoms with Crippen molar-refractivity contribution in [3.8, 4) is 0 Å². The number of methoxy groups -OCH3 is 1. The third-order valence-corrected chi connectivity index (χ3v) is 3.65. The molecule has 0 N–H and O–H groups in total. The van der Waals surface area contributed by atoms with E-state index in [0.29, 0.717) is 6.42 Å². The van der Waals surface area contributed by atoms with Crippen molar-refractivity contribution < 1.29 is 14.5 Å². The van der Waals surface area contributed by atoms with Crippen LogP contribution in [-0.2, 0) is 9.53 Å². The molecule has 0 radical (unpaired) electrons. The first-order chi connectivity index (χ1) is 7.41. The van der Waals surface area contributed by atoms with Gasteiger partial charge in [-0.05, 0) is 12.8 Å². The maximum Gasteiger partial charge on any atom is 0.309 e. The molecule has 92 valence electrons. The molecule has 0 aromatic carbocycles. The van der Waals surface area contributed by atoms with Gasteiger partial charge < -0.3 is 4.74 Å².